The van der Waals surface area contributed by atoms with Crippen molar-refractivity contribution in [1.29, 1.82) is 5.26 Å². The van der Waals surface area contributed by atoms with Crippen LogP contribution in [0, 0.1) is 11.3 Å². The van der Waals surface area contributed by atoms with Gasteiger partial charge in [0.25, 0.3) is 0 Å². The summed E-state index contributed by atoms with van der Waals surface area (Å²) in [6.45, 7) is 0. The molecular weight excluding hydrogens is 209 g/mol. The van der Waals surface area contributed by atoms with Gasteiger partial charge in [-0.2, -0.15) is 5.26 Å². The molecule has 0 amide bonds. The number of nitriles is 1. The molecule has 0 aliphatic rings. The van der Waals surface area contributed by atoms with Gasteiger partial charge in [-0.1, -0.05) is 23.2 Å². The zero-order valence-corrected chi connectivity index (χ0v) is 8.49. The molecule has 0 saturated heterocycles. The average molecular weight is 216 g/mol. The lowest BCUT2D eigenvalue weighted by atomic mass is 10.1. The second-order valence-corrected chi connectivity index (χ2v) is 3.20. The summed E-state index contributed by atoms with van der Waals surface area (Å²) < 4.78 is 4.98. The van der Waals surface area contributed by atoms with E-state index >= 15 is 0 Å². The van der Waals surface area contributed by atoms with E-state index in [2.05, 4.69) is 0 Å². The van der Waals surface area contributed by atoms with Crippen LogP contribution in [0.1, 0.15) is 5.56 Å². The maximum atomic E-state index is 8.51. The highest BCUT2D eigenvalue weighted by Gasteiger charge is 2.07. The van der Waals surface area contributed by atoms with Crippen LogP contribution >= 0.6 is 23.2 Å². The number of methoxy groups -OCH3 is 1. The minimum Gasteiger partial charge on any atom is -0.497 e. The fraction of sp³-hybridized carbons (Fsp3) is 0.222. The van der Waals surface area contributed by atoms with Crippen LogP contribution in [0.5, 0.6) is 5.75 Å². The molecule has 68 valence electrons. The van der Waals surface area contributed by atoms with Crippen molar-refractivity contribution in [1.82, 2.24) is 0 Å². The lowest BCUT2D eigenvalue weighted by Gasteiger charge is -2.05. The maximum Gasteiger partial charge on any atom is 0.120 e. The summed E-state index contributed by atoms with van der Waals surface area (Å²) in [5.41, 5.74) is 0.688. The Bertz CT molecular complexity index is 357. The second kappa shape index (κ2) is 4.36. The van der Waals surface area contributed by atoms with Gasteiger partial charge in [0.2, 0.25) is 0 Å². The Morgan fingerprint density at radius 3 is 2.69 bits per heavy atom. The van der Waals surface area contributed by atoms with Gasteiger partial charge in [0, 0.05) is 6.07 Å². The van der Waals surface area contributed by atoms with Crippen molar-refractivity contribution in [2.24, 2.45) is 0 Å². The quantitative estimate of drug-likeness (QED) is 0.760. The molecule has 0 heterocycles. The number of nitrogens with zero attached hydrogens (tertiary/aromatic N) is 1. The van der Waals surface area contributed by atoms with Crippen LogP contribution in [0.3, 0.4) is 0 Å². The fourth-order valence-electron chi connectivity index (χ4n) is 0.950. The molecule has 2 nitrogen and oxygen atoms in total. The first-order valence-corrected chi connectivity index (χ1v) is 4.33. The number of benzene rings is 1. The molecule has 13 heavy (non-hydrogen) atoms. The lowest BCUT2D eigenvalue weighted by molar-refractivity contribution is 0.414. The van der Waals surface area contributed by atoms with E-state index in [1.165, 1.54) is 7.11 Å². The molecular formula is C9H7Cl2NO. The molecule has 0 radical (unpaired) electrons. The SMILES string of the molecule is COc1cc(Cl)c(Cl)c(CC#N)c1. The molecule has 0 aliphatic carbocycles. The van der Waals surface area contributed by atoms with Crippen LogP contribution in [0.4, 0.5) is 0 Å². The van der Waals surface area contributed by atoms with E-state index in [1.807, 2.05) is 6.07 Å². The van der Waals surface area contributed by atoms with Crippen LogP contribution in [0.25, 0.3) is 0 Å². The van der Waals surface area contributed by atoms with E-state index in [9.17, 15) is 0 Å². The van der Waals surface area contributed by atoms with Crippen molar-refractivity contribution in [2.75, 3.05) is 7.11 Å². The molecule has 0 unspecified atom stereocenters. The minimum absolute atomic E-state index is 0.232. The van der Waals surface area contributed by atoms with E-state index < -0.39 is 0 Å². The van der Waals surface area contributed by atoms with Gasteiger partial charge in [-0.05, 0) is 11.6 Å². The number of ether oxygens (including phenoxy) is 1. The summed E-state index contributed by atoms with van der Waals surface area (Å²) in [5.74, 6) is 0.611. The molecule has 1 rings (SSSR count). The molecule has 4 heteroatoms. The molecule has 0 N–H and O–H groups in total. The Morgan fingerprint density at radius 2 is 2.15 bits per heavy atom. The molecule has 0 aromatic heterocycles. The first kappa shape index (κ1) is 10.2. The summed E-state index contributed by atoms with van der Waals surface area (Å²) in [6, 6.07) is 5.33. The molecule has 0 fully saturated rings. The molecule has 1 aromatic carbocycles. The first-order valence-electron chi connectivity index (χ1n) is 3.58. The molecule has 0 bridgehead atoms. The van der Waals surface area contributed by atoms with Crippen LogP contribution < -0.4 is 4.74 Å². The Hall–Kier alpha value is -0.910. The zero-order valence-electron chi connectivity index (χ0n) is 6.97. The van der Waals surface area contributed by atoms with Crippen LogP contribution in [-0.2, 0) is 6.42 Å². The van der Waals surface area contributed by atoms with E-state index in [0.29, 0.717) is 21.4 Å². The molecule has 0 aliphatic heterocycles. The molecule has 1 aromatic rings. The molecule has 0 atom stereocenters. The van der Waals surface area contributed by atoms with E-state index in [0.717, 1.165) is 0 Å². The van der Waals surface area contributed by atoms with Crippen LogP contribution in [0.15, 0.2) is 12.1 Å². The van der Waals surface area contributed by atoms with E-state index in [4.69, 9.17) is 33.2 Å². The van der Waals surface area contributed by atoms with Crippen molar-refractivity contribution in [3.63, 3.8) is 0 Å². The van der Waals surface area contributed by atoms with Gasteiger partial charge in [0.15, 0.2) is 0 Å². The summed E-state index contributed by atoms with van der Waals surface area (Å²) >= 11 is 11.7. The largest absolute Gasteiger partial charge is 0.497 e. The number of halogens is 2. The van der Waals surface area contributed by atoms with Gasteiger partial charge in [0.1, 0.15) is 5.75 Å². The maximum absolute atomic E-state index is 8.51. The molecule has 0 saturated carbocycles. The smallest absolute Gasteiger partial charge is 0.120 e. The topological polar surface area (TPSA) is 33.0 Å². The zero-order chi connectivity index (χ0) is 9.84. The normalized spacial score (nSPS) is 9.38. The predicted molar refractivity (Wildman–Crippen MR) is 52.3 cm³/mol. The third kappa shape index (κ3) is 2.27. The van der Waals surface area contributed by atoms with Crippen molar-refractivity contribution < 1.29 is 4.74 Å². The van der Waals surface area contributed by atoms with Crippen molar-refractivity contribution in [2.45, 2.75) is 6.42 Å². The first-order chi connectivity index (χ1) is 6.19. The Labute approximate surface area is 86.6 Å². The minimum atomic E-state index is 0.232. The summed E-state index contributed by atoms with van der Waals surface area (Å²) in [6.07, 6.45) is 0.232. The summed E-state index contributed by atoms with van der Waals surface area (Å²) in [7, 11) is 1.54. The van der Waals surface area contributed by atoms with E-state index in [-0.39, 0.29) is 6.42 Å². The Morgan fingerprint density at radius 1 is 1.46 bits per heavy atom. The Kier molecular flexibility index (Phi) is 3.41. The fourth-order valence-corrected chi connectivity index (χ4v) is 1.35. The highest BCUT2D eigenvalue weighted by atomic mass is 35.5. The predicted octanol–water partition coefficient (Wildman–Crippen LogP) is 3.07. The van der Waals surface area contributed by atoms with Gasteiger partial charge in [-0.15, -0.1) is 0 Å². The number of rotatable bonds is 2. The van der Waals surface area contributed by atoms with Crippen molar-refractivity contribution in [3.05, 3.63) is 27.7 Å². The highest BCUT2D eigenvalue weighted by Crippen LogP contribution is 2.30. The second-order valence-electron chi connectivity index (χ2n) is 2.42. The van der Waals surface area contributed by atoms with Gasteiger partial charge < -0.3 is 4.74 Å². The summed E-state index contributed by atoms with van der Waals surface area (Å²) in [5, 5.41) is 9.34. The third-order valence-corrected chi connectivity index (χ3v) is 2.42. The standard InChI is InChI=1S/C9H7Cl2NO/c1-13-7-4-6(2-3-12)9(11)8(10)5-7/h4-5H,2H2,1H3. The van der Waals surface area contributed by atoms with Crippen molar-refractivity contribution >= 4 is 23.2 Å². The van der Waals surface area contributed by atoms with Gasteiger partial charge in [-0.25, -0.2) is 0 Å². The van der Waals surface area contributed by atoms with Gasteiger partial charge >= 0.3 is 0 Å². The highest BCUT2D eigenvalue weighted by molar-refractivity contribution is 6.42. The van der Waals surface area contributed by atoms with Gasteiger partial charge in [-0.3, -0.25) is 0 Å². The van der Waals surface area contributed by atoms with E-state index in [1.54, 1.807) is 12.1 Å². The van der Waals surface area contributed by atoms with Gasteiger partial charge in [0.05, 0.1) is 29.6 Å². The lowest BCUT2D eigenvalue weighted by Crippen LogP contribution is -1.89. The third-order valence-electron chi connectivity index (χ3n) is 1.58. The number of hydrogen-bond donors (Lipinski definition) is 0. The summed E-state index contributed by atoms with van der Waals surface area (Å²) in [4.78, 5) is 0. The average Bonchev–Trinajstić information content (AvgIpc) is 2.13. The van der Waals surface area contributed by atoms with Crippen molar-refractivity contribution in [3.8, 4) is 11.8 Å². The van der Waals surface area contributed by atoms with Crippen LogP contribution in [0.2, 0.25) is 10.0 Å². The number of hydrogen-bond acceptors (Lipinski definition) is 2. The van der Waals surface area contributed by atoms with Crippen LogP contribution in [-0.4, -0.2) is 7.11 Å². The Balaban J connectivity index is 3.18. The molecule has 0 spiro atoms. The monoisotopic (exact) mass is 215 g/mol.